The third-order valence-corrected chi connectivity index (χ3v) is 12.7. The number of fused-ring (bicyclic) bond motifs is 9. The number of para-hydroxylation sites is 4. The van der Waals surface area contributed by atoms with Gasteiger partial charge < -0.3 is 9.47 Å². The van der Waals surface area contributed by atoms with E-state index in [2.05, 4.69) is 228 Å². The highest BCUT2D eigenvalue weighted by molar-refractivity contribution is 7.20. The Morgan fingerprint density at radius 1 is 0.603 bits per heavy atom. The molecular weight excluding hydrogens is 723 g/mol. The number of aromatic nitrogens is 1. The van der Waals surface area contributed by atoms with Gasteiger partial charge in [0.1, 0.15) is 0 Å². The van der Waals surface area contributed by atoms with Gasteiger partial charge in [-0.1, -0.05) is 116 Å². The van der Waals surface area contributed by atoms with Crippen molar-refractivity contribution in [3.05, 3.63) is 211 Å². The Hall–Kier alpha value is -7.27. The number of hydrogen-bond acceptors (Lipinski definition) is 2. The van der Waals surface area contributed by atoms with Gasteiger partial charge >= 0.3 is 0 Å². The van der Waals surface area contributed by atoms with E-state index in [0.717, 1.165) is 39.3 Å². The Bertz CT molecular complexity index is 3170. The quantitative estimate of drug-likeness (QED) is 0.159. The molecule has 2 aromatic heterocycles. The van der Waals surface area contributed by atoms with Crippen molar-refractivity contribution < 1.29 is 0 Å². The van der Waals surface area contributed by atoms with E-state index in [1.54, 1.807) is 0 Å². The molecule has 11 rings (SSSR count). The fourth-order valence-corrected chi connectivity index (χ4v) is 10.2. The van der Waals surface area contributed by atoms with Crippen molar-refractivity contribution >= 4 is 83.8 Å². The molecule has 2 aliphatic rings. The van der Waals surface area contributed by atoms with E-state index >= 15 is 0 Å². The molecule has 2 aliphatic heterocycles. The molecular formula is C54H38N3S+. The van der Waals surface area contributed by atoms with Crippen molar-refractivity contribution in [1.82, 2.24) is 9.14 Å². The second-order valence-electron chi connectivity index (χ2n) is 14.8. The minimum absolute atomic E-state index is 0.988. The van der Waals surface area contributed by atoms with Gasteiger partial charge in [0.25, 0.3) is 0 Å². The number of nitrogens with zero attached hydrogens (tertiary/aromatic N) is 3. The van der Waals surface area contributed by atoms with E-state index < -0.39 is 0 Å². The topological polar surface area (TPSA) is 11.2 Å². The Labute approximate surface area is 342 Å². The maximum Gasteiger partial charge on any atom is 0.219 e. The number of hydrogen-bond donors (Lipinski definition) is 0. The van der Waals surface area contributed by atoms with Gasteiger partial charge in [-0.05, 0) is 90.4 Å². The van der Waals surface area contributed by atoms with Crippen LogP contribution in [0.15, 0.2) is 195 Å². The second kappa shape index (κ2) is 13.7. The molecule has 0 aliphatic carbocycles. The highest BCUT2D eigenvalue weighted by Crippen LogP contribution is 2.47. The van der Waals surface area contributed by atoms with Crippen molar-refractivity contribution in [2.24, 2.45) is 0 Å². The highest BCUT2D eigenvalue weighted by atomic mass is 32.1. The van der Waals surface area contributed by atoms with Crippen LogP contribution in [-0.4, -0.2) is 10.8 Å². The fraction of sp³-hybridized carbons (Fsp3) is 0.0185. The predicted octanol–water partition coefficient (Wildman–Crippen LogP) is 14.9. The van der Waals surface area contributed by atoms with Crippen molar-refractivity contribution in [3.63, 3.8) is 0 Å². The molecule has 7 aromatic carbocycles. The molecule has 0 unspecified atom stereocenters. The van der Waals surface area contributed by atoms with Crippen LogP contribution in [0.4, 0.5) is 22.7 Å². The number of anilines is 2. The summed E-state index contributed by atoms with van der Waals surface area (Å²) in [5.41, 5.74) is 16.3. The molecule has 3 nitrogen and oxygen atoms in total. The van der Waals surface area contributed by atoms with Gasteiger partial charge in [-0.2, -0.15) is 4.58 Å². The zero-order valence-electron chi connectivity index (χ0n) is 32.0. The Kier molecular flexibility index (Phi) is 8.05. The maximum absolute atomic E-state index is 4.64. The third-order valence-electron chi connectivity index (χ3n) is 11.5. The Morgan fingerprint density at radius 3 is 1.91 bits per heavy atom. The summed E-state index contributed by atoms with van der Waals surface area (Å²) >= 11 is 1.84. The highest BCUT2D eigenvalue weighted by Gasteiger charge is 2.32. The lowest BCUT2D eigenvalue weighted by Gasteiger charge is -2.26. The minimum Gasteiger partial charge on any atom is -0.316 e. The summed E-state index contributed by atoms with van der Waals surface area (Å²) in [7, 11) is 0. The summed E-state index contributed by atoms with van der Waals surface area (Å²) in [6.45, 7) is 6.74. The molecule has 0 spiro atoms. The Morgan fingerprint density at radius 2 is 1.22 bits per heavy atom. The van der Waals surface area contributed by atoms with Crippen molar-refractivity contribution in [1.29, 1.82) is 0 Å². The first-order valence-corrected chi connectivity index (χ1v) is 20.5. The molecule has 0 saturated carbocycles. The monoisotopic (exact) mass is 760 g/mol. The lowest BCUT2D eigenvalue weighted by Crippen LogP contribution is -2.11. The molecule has 0 amide bonds. The first-order valence-electron chi connectivity index (χ1n) is 19.7. The molecule has 0 N–H and O–H groups in total. The number of benzene rings is 7. The summed E-state index contributed by atoms with van der Waals surface area (Å²) in [6, 6.07) is 57.1. The van der Waals surface area contributed by atoms with E-state index in [4.69, 9.17) is 0 Å². The van der Waals surface area contributed by atoms with Gasteiger partial charge in [0, 0.05) is 61.0 Å². The van der Waals surface area contributed by atoms with Crippen LogP contribution >= 0.6 is 11.3 Å². The van der Waals surface area contributed by atoms with Crippen molar-refractivity contribution in [3.8, 4) is 27.9 Å². The summed E-state index contributed by atoms with van der Waals surface area (Å²) in [5.74, 6) is 0. The summed E-state index contributed by atoms with van der Waals surface area (Å²) in [5, 5.41) is 3.74. The van der Waals surface area contributed by atoms with Crippen LogP contribution in [-0.2, 0) is 0 Å². The minimum atomic E-state index is 0.988. The molecule has 0 bridgehead atoms. The van der Waals surface area contributed by atoms with Crippen LogP contribution in [0.5, 0.6) is 0 Å². The number of thiophene rings is 1. The first-order chi connectivity index (χ1) is 28.7. The van der Waals surface area contributed by atoms with Crippen LogP contribution in [0.3, 0.4) is 0 Å². The van der Waals surface area contributed by atoms with Crippen LogP contribution < -0.4 is 9.48 Å². The zero-order valence-corrected chi connectivity index (χ0v) is 32.8. The Balaban J connectivity index is 1.04. The largest absolute Gasteiger partial charge is 0.316 e. The average Bonchev–Trinajstić information content (AvgIpc) is 3.90. The van der Waals surface area contributed by atoms with E-state index in [-0.39, 0.29) is 0 Å². The van der Waals surface area contributed by atoms with Crippen LogP contribution in [0.1, 0.15) is 22.9 Å². The van der Waals surface area contributed by atoms with E-state index in [1.807, 2.05) is 11.3 Å². The molecule has 0 radical (unpaired) electrons. The fourth-order valence-electron chi connectivity index (χ4n) is 8.89. The summed E-state index contributed by atoms with van der Waals surface area (Å²) in [6.07, 6.45) is 15.2. The van der Waals surface area contributed by atoms with Crippen molar-refractivity contribution in [2.75, 3.05) is 4.90 Å². The molecule has 0 atom stereocenters. The van der Waals surface area contributed by atoms with Gasteiger partial charge in [0.05, 0.1) is 33.4 Å². The van der Waals surface area contributed by atoms with Crippen molar-refractivity contribution in [2.45, 2.75) is 6.92 Å². The molecule has 58 heavy (non-hydrogen) atoms. The first kappa shape index (κ1) is 34.0. The van der Waals surface area contributed by atoms with Crippen LogP contribution in [0.2, 0.25) is 0 Å². The molecule has 4 heteroatoms. The standard InChI is InChI=1S/C54H38N3S/c1-3-16-52-46(35-56-47-26-8-4-22-41(47)42-23-5-9-27-48(42)56)45-30-31-51-53(54(45)58-52)36(2)17-12-13-32-55(51)39-20-14-18-37(33-39)38-19-15-21-40(34-38)57-49-28-10-6-24-43(49)44-25-7-11-29-50(44)57/h3-35H,2H2,1H3/q+1/b16-3-,17-12-,32-13-. The van der Waals surface area contributed by atoms with Gasteiger partial charge in [-0.25, -0.2) is 0 Å². The average molecular weight is 761 g/mol. The molecule has 0 fully saturated rings. The second-order valence-corrected chi connectivity index (χ2v) is 15.9. The van der Waals surface area contributed by atoms with E-state index in [0.29, 0.717) is 0 Å². The summed E-state index contributed by atoms with van der Waals surface area (Å²) in [4.78, 5) is 3.54. The molecule has 4 heterocycles. The van der Waals surface area contributed by atoms with Crippen LogP contribution in [0, 0.1) is 0 Å². The molecule has 9 aromatic rings. The van der Waals surface area contributed by atoms with Gasteiger partial charge in [-0.3, -0.25) is 0 Å². The molecule has 274 valence electrons. The lowest BCUT2D eigenvalue weighted by molar-refractivity contribution is 1.14. The van der Waals surface area contributed by atoms with Gasteiger partial charge in [-0.15, -0.1) is 11.3 Å². The van der Waals surface area contributed by atoms with Gasteiger partial charge in [0.15, 0.2) is 6.21 Å². The number of allylic oxidation sites excluding steroid dienone is 5. The van der Waals surface area contributed by atoms with Crippen LogP contribution in [0.25, 0.3) is 71.5 Å². The van der Waals surface area contributed by atoms with E-state index in [1.165, 1.54) is 64.8 Å². The predicted molar refractivity (Wildman–Crippen MR) is 251 cm³/mol. The normalized spacial score (nSPS) is 14.5. The molecule has 0 saturated heterocycles. The SMILES string of the molecule is C=C1/C=C\C=C/N(c2cccc(-c3cccc(-n4c5ccccc5c5ccccc54)c3)c2)c2ccc3c(C=[N+]4c5ccccc5-c5ccccc54)c(/C=C\C)sc3c21. The summed E-state index contributed by atoms with van der Waals surface area (Å²) < 4.78 is 5.97. The number of rotatable bonds is 5. The van der Waals surface area contributed by atoms with Gasteiger partial charge in [0.2, 0.25) is 11.4 Å². The smallest absolute Gasteiger partial charge is 0.219 e. The third kappa shape index (κ3) is 5.37. The zero-order chi connectivity index (χ0) is 38.7. The lowest BCUT2D eigenvalue weighted by atomic mass is 9.98. The maximum atomic E-state index is 4.64. The van der Waals surface area contributed by atoms with E-state index in [9.17, 15) is 0 Å².